The molecule has 1 aliphatic heterocycles. The molecule has 1 aromatic rings. The molecule has 110 valence electrons. The van der Waals surface area contributed by atoms with Gasteiger partial charge in [0.25, 0.3) is 0 Å². The molecule has 0 saturated carbocycles. The fraction of sp³-hybridized carbons (Fsp3) is 0.615. The van der Waals surface area contributed by atoms with Crippen LogP contribution in [0, 0.1) is 5.92 Å². The second-order valence-corrected chi connectivity index (χ2v) is 4.78. The van der Waals surface area contributed by atoms with E-state index in [0.717, 1.165) is 26.1 Å². The van der Waals surface area contributed by atoms with Gasteiger partial charge in [0.15, 0.2) is 11.6 Å². The smallest absolute Gasteiger partial charge is 0.320 e. The minimum absolute atomic E-state index is 0.0896. The van der Waals surface area contributed by atoms with Crippen LogP contribution < -0.4 is 15.4 Å². The highest BCUT2D eigenvalue weighted by Crippen LogP contribution is 2.20. The van der Waals surface area contributed by atoms with Crippen LogP contribution in [-0.4, -0.2) is 42.4 Å². The molecule has 1 unspecified atom stereocenters. The van der Waals surface area contributed by atoms with Crippen molar-refractivity contribution in [3.63, 3.8) is 0 Å². The van der Waals surface area contributed by atoms with Crippen molar-refractivity contribution >= 4 is 11.8 Å². The van der Waals surface area contributed by atoms with Gasteiger partial charge in [0.1, 0.15) is 6.33 Å². The fourth-order valence-corrected chi connectivity index (χ4v) is 2.24. The molecule has 1 atom stereocenters. The minimum atomic E-state index is -0.291. The summed E-state index contributed by atoms with van der Waals surface area (Å²) < 4.78 is 10.4. The molecule has 1 aliphatic rings. The Bertz CT molecular complexity index is 449. The molecule has 0 bridgehead atoms. The summed E-state index contributed by atoms with van der Waals surface area (Å²) in [4.78, 5) is 19.8. The first kappa shape index (κ1) is 14.5. The summed E-state index contributed by atoms with van der Waals surface area (Å²) in [6.07, 6.45) is 4.81. The molecule has 1 fully saturated rings. The number of urea groups is 1. The number of hydrogen-bond acceptors (Lipinski definition) is 5. The zero-order valence-electron chi connectivity index (χ0n) is 11.8. The standard InChI is InChI=1S/C13H20N4O3/c1-9(10-3-5-20-6-4-10)16-13(18)17-12-11(19-2)7-14-8-15-12/h7-10H,3-6H2,1-2H3,(H2,14,15,16,17,18). The molecular formula is C13H20N4O3. The Balaban J connectivity index is 1.88. The maximum Gasteiger partial charge on any atom is 0.320 e. The number of anilines is 1. The number of rotatable bonds is 4. The van der Waals surface area contributed by atoms with Crippen LogP contribution in [0.1, 0.15) is 19.8 Å². The van der Waals surface area contributed by atoms with E-state index in [0.29, 0.717) is 17.5 Å². The number of nitrogens with zero attached hydrogens (tertiary/aromatic N) is 2. The molecule has 2 rings (SSSR count). The maximum absolute atomic E-state index is 12.0. The van der Waals surface area contributed by atoms with Gasteiger partial charge in [-0.05, 0) is 25.7 Å². The van der Waals surface area contributed by atoms with Gasteiger partial charge < -0.3 is 14.8 Å². The summed E-state index contributed by atoms with van der Waals surface area (Å²) in [6.45, 7) is 3.53. The number of hydrogen-bond donors (Lipinski definition) is 2. The van der Waals surface area contributed by atoms with E-state index >= 15 is 0 Å². The molecule has 20 heavy (non-hydrogen) atoms. The number of amides is 2. The summed E-state index contributed by atoms with van der Waals surface area (Å²) in [5.41, 5.74) is 0. The minimum Gasteiger partial charge on any atom is -0.491 e. The predicted octanol–water partition coefficient (Wildman–Crippen LogP) is 1.42. The zero-order chi connectivity index (χ0) is 14.4. The Labute approximate surface area is 118 Å². The average molecular weight is 280 g/mol. The van der Waals surface area contributed by atoms with Gasteiger partial charge in [-0.15, -0.1) is 0 Å². The van der Waals surface area contributed by atoms with Crippen LogP contribution in [0.5, 0.6) is 5.75 Å². The van der Waals surface area contributed by atoms with Gasteiger partial charge in [0.05, 0.1) is 13.3 Å². The second kappa shape index (κ2) is 7.04. The fourth-order valence-electron chi connectivity index (χ4n) is 2.24. The topological polar surface area (TPSA) is 85.4 Å². The summed E-state index contributed by atoms with van der Waals surface area (Å²) in [5.74, 6) is 1.24. The third-order valence-corrected chi connectivity index (χ3v) is 3.46. The largest absolute Gasteiger partial charge is 0.491 e. The van der Waals surface area contributed by atoms with Crippen molar-refractivity contribution in [2.24, 2.45) is 5.92 Å². The lowest BCUT2D eigenvalue weighted by Crippen LogP contribution is -2.42. The summed E-state index contributed by atoms with van der Waals surface area (Å²) >= 11 is 0. The second-order valence-electron chi connectivity index (χ2n) is 4.78. The van der Waals surface area contributed by atoms with E-state index in [2.05, 4.69) is 20.6 Å². The lowest BCUT2D eigenvalue weighted by molar-refractivity contribution is 0.0573. The van der Waals surface area contributed by atoms with Gasteiger partial charge in [-0.1, -0.05) is 0 Å². The number of ether oxygens (including phenoxy) is 2. The van der Waals surface area contributed by atoms with Gasteiger partial charge in [-0.3, -0.25) is 5.32 Å². The SMILES string of the molecule is COc1cncnc1NC(=O)NC(C)C1CCOCC1. The molecule has 0 spiro atoms. The summed E-state index contributed by atoms with van der Waals surface area (Å²) in [6, 6.07) is -0.201. The van der Waals surface area contributed by atoms with Crippen LogP contribution in [0.4, 0.5) is 10.6 Å². The van der Waals surface area contributed by atoms with E-state index in [9.17, 15) is 4.79 Å². The van der Waals surface area contributed by atoms with Crippen molar-refractivity contribution < 1.29 is 14.3 Å². The van der Waals surface area contributed by atoms with Gasteiger partial charge in [0.2, 0.25) is 0 Å². The predicted molar refractivity (Wildman–Crippen MR) is 73.7 cm³/mol. The molecule has 1 saturated heterocycles. The number of nitrogens with one attached hydrogen (secondary N) is 2. The van der Waals surface area contributed by atoms with E-state index in [1.165, 1.54) is 19.6 Å². The molecule has 2 amide bonds. The summed E-state index contributed by atoms with van der Waals surface area (Å²) in [7, 11) is 1.51. The summed E-state index contributed by atoms with van der Waals surface area (Å²) in [5, 5.41) is 5.60. The van der Waals surface area contributed by atoms with E-state index in [1.54, 1.807) is 0 Å². The first-order chi connectivity index (χ1) is 9.70. The molecular weight excluding hydrogens is 260 g/mol. The van der Waals surface area contributed by atoms with E-state index < -0.39 is 0 Å². The van der Waals surface area contributed by atoms with Crippen LogP contribution in [0.15, 0.2) is 12.5 Å². The molecule has 7 nitrogen and oxygen atoms in total. The lowest BCUT2D eigenvalue weighted by Gasteiger charge is -2.28. The molecule has 2 heterocycles. The van der Waals surface area contributed by atoms with Gasteiger partial charge in [0, 0.05) is 19.3 Å². The van der Waals surface area contributed by atoms with E-state index in [4.69, 9.17) is 9.47 Å². The van der Waals surface area contributed by atoms with Crippen molar-refractivity contribution in [1.82, 2.24) is 15.3 Å². The van der Waals surface area contributed by atoms with Crippen LogP contribution >= 0.6 is 0 Å². The van der Waals surface area contributed by atoms with Crippen LogP contribution in [0.2, 0.25) is 0 Å². The highest BCUT2D eigenvalue weighted by Gasteiger charge is 2.22. The van der Waals surface area contributed by atoms with E-state index in [-0.39, 0.29) is 12.1 Å². The van der Waals surface area contributed by atoms with Crippen molar-refractivity contribution in [3.8, 4) is 5.75 Å². The highest BCUT2D eigenvalue weighted by molar-refractivity contribution is 5.89. The van der Waals surface area contributed by atoms with Crippen molar-refractivity contribution in [3.05, 3.63) is 12.5 Å². The Morgan fingerprint density at radius 1 is 1.50 bits per heavy atom. The first-order valence-corrected chi connectivity index (χ1v) is 6.70. The maximum atomic E-state index is 12.0. The number of carbonyl (C=O) groups is 1. The van der Waals surface area contributed by atoms with Crippen molar-refractivity contribution in [2.45, 2.75) is 25.8 Å². The molecule has 0 aliphatic carbocycles. The monoisotopic (exact) mass is 280 g/mol. The Kier molecular flexibility index (Phi) is 5.11. The lowest BCUT2D eigenvalue weighted by atomic mass is 9.93. The number of methoxy groups -OCH3 is 1. The van der Waals surface area contributed by atoms with E-state index in [1.807, 2.05) is 6.92 Å². The Morgan fingerprint density at radius 3 is 2.95 bits per heavy atom. The van der Waals surface area contributed by atoms with Gasteiger partial charge >= 0.3 is 6.03 Å². The van der Waals surface area contributed by atoms with Gasteiger partial charge in [-0.2, -0.15) is 0 Å². The molecule has 0 aromatic carbocycles. The van der Waals surface area contributed by atoms with Crippen molar-refractivity contribution in [1.29, 1.82) is 0 Å². The first-order valence-electron chi connectivity index (χ1n) is 6.70. The molecule has 1 aromatic heterocycles. The third-order valence-electron chi connectivity index (χ3n) is 3.46. The van der Waals surface area contributed by atoms with Gasteiger partial charge in [-0.25, -0.2) is 14.8 Å². The Hall–Kier alpha value is -1.89. The Morgan fingerprint density at radius 2 is 2.25 bits per heavy atom. The molecule has 0 radical (unpaired) electrons. The molecule has 2 N–H and O–H groups in total. The van der Waals surface area contributed by atoms with Crippen LogP contribution in [0.3, 0.4) is 0 Å². The van der Waals surface area contributed by atoms with Crippen LogP contribution in [-0.2, 0) is 4.74 Å². The molecule has 7 heteroatoms. The number of carbonyl (C=O) groups excluding carboxylic acids is 1. The third kappa shape index (κ3) is 3.80. The number of aromatic nitrogens is 2. The normalized spacial score (nSPS) is 17.3. The van der Waals surface area contributed by atoms with Crippen molar-refractivity contribution in [2.75, 3.05) is 25.6 Å². The van der Waals surface area contributed by atoms with Crippen LogP contribution in [0.25, 0.3) is 0 Å². The average Bonchev–Trinajstić information content (AvgIpc) is 2.48. The highest BCUT2D eigenvalue weighted by atomic mass is 16.5. The quantitative estimate of drug-likeness (QED) is 0.871. The zero-order valence-corrected chi connectivity index (χ0v) is 11.8.